The summed E-state index contributed by atoms with van der Waals surface area (Å²) in [5.74, 6) is -2.04. The van der Waals surface area contributed by atoms with Gasteiger partial charge in [-0.05, 0) is 17.7 Å². The minimum absolute atomic E-state index is 0.0490. The molecule has 1 N–H and O–H groups in total. The maximum Gasteiger partial charge on any atom is 0.332 e. The van der Waals surface area contributed by atoms with Crippen molar-refractivity contribution in [2.24, 2.45) is 19.1 Å². The number of aliphatic imine (C=N–C) groups is 1. The molecule has 0 spiro atoms. The Hall–Kier alpha value is -2.48. The minimum Gasteiger partial charge on any atom is -0.481 e. The molecule has 3 rings (SSSR count). The Labute approximate surface area is 145 Å². The van der Waals surface area contributed by atoms with Gasteiger partial charge in [-0.1, -0.05) is 28.1 Å². The smallest absolute Gasteiger partial charge is 0.332 e. The number of fused-ring (bicyclic) bond motifs is 1. The van der Waals surface area contributed by atoms with E-state index in [0.29, 0.717) is 5.71 Å². The van der Waals surface area contributed by atoms with Gasteiger partial charge in [-0.2, -0.15) is 0 Å². The van der Waals surface area contributed by atoms with Gasteiger partial charge in [0.1, 0.15) is 5.82 Å². The molecule has 124 valence electrons. The van der Waals surface area contributed by atoms with Gasteiger partial charge >= 0.3 is 11.7 Å². The number of benzene rings is 1. The lowest BCUT2D eigenvalue weighted by atomic mass is 9.89. The zero-order chi connectivity index (χ0) is 17.6. The third-order valence-electron chi connectivity index (χ3n) is 4.13. The van der Waals surface area contributed by atoms with Gasteiger partial charge in [-0.3, -0.25) is 18.7 Å². The van der Waals surface area contributed by atoms with Crippen molar-refractivity contribution in [1.29, 1.82) is 0 Å². The zero-order valence-corrected chi connectivity index (χ0v) is 14.6. The summed E-state index contributed by atoms with van der Waals surface area (Å²) in [5, 5.41) is 9.57. The molecule has 0 aliphatic carbocycles. The molecule has 0 bridgehead atoms. The highest BCUT2D eigenvalue weighted by Gasteiger charge is 2.34. The van der Waals surface area contributed by atoms with Crippen LogP contribution in [0.15, 0.2) is 43.3 Å². The van der Waals surface area contributed by atoms with Crippen molar-refractivity contribution in [2.45, 2.75) is 12.3 Å². The second-order valence-corrected chi connectivity index (χ2v) is 6.52. The second kappa shape index (κ2) is 5.86. The van der Waals surface area contributed by atoms with Crippen LogP contribution in [0.1, 0.15) is 23.5 Å². The minimum atomic E-state index is -1.11. The molecule has 8 heteroatoms. The summed E-state index contributed by atoms with van der Waals surface area (Å²) in [4.78, 5) is 40.7. The maximum absolute atomic E-state index is 12.4. The van der Waals surface area contributed by atoms with Crippen LogP contribution in [-0.2, 0) is 18.9 Å². The van der Waals surface area contributed by atoms with E-state index in [1.54, 1.807) is 0 Å². The Morgan fingerprint density at radius 2 is 1.83 bits per heavy atom. The van der Waals surface area contributed by atoms with Gasteiger partial charge in [0.05, 0.1) is 17.2 Å². The van der Waals surface area contributed by atoms with Crippen LogP contribution in [0, 0.1) is 0 Å². The zero-order valence-electron chi connectivity index (χ0n) is 13.0. The monoisotopic (exact) mass is 391 g/mol. The Kier molecular flexibility index (Phi) is 4.00. The summed E-state index contributed by atoms with van der Waals surface area (Å²) in [6.07, 6.45) is 0.0947. The van der Waals surface area contributed by atoms with Gasteiger partial charge in [0, 0.05) is 25.0 Å². The first-order valence-electron chi connectivity index (χ1n) is 7.17. The molecule has 0 saturated heterocycles. The number of aromatic nitrogens is 2. The quantitative estimate of drug-likeness (QED) is 0.839. The van der Waals surface area contributed by atoms with Crippen LogP contribution in [0.3, 0.4) is 0 Å². The summed E-state index contributed by atoms with van der Waals surface area (Å²) >= 11 is 3.35. The molecule has 0 saturated carbocycles. The highest BCUT2D eigenvalue weighted by atomic mass is 79.9. The highest BCUT2D eigenvalue weighted by molar-refractivity contribution is 9.10. The Morgan fingerprint density at radius 1 is 1.21 bits per heavy atom. The van der Waals surface area contributed by atoms with Crippen LogP contribution in [-0.4, -0.2) is 25.9 Å². The number of carboxylic acid groups (broad SMARTS) is 1. The molecule has 1 unspecified atom stereocenters. The third kappa shape index (κ3) is 2.52. The molecule has 2 aromatic rings. The van der Waals surface area contributed by atoms with E-state index in [4.69, 9.17) is 0 Å². The van der Waals surface area contributed by atoms with E-state index in [1.165, 1.54) is 18.7 Å². The van der Waals surface area contributed by atoms with Gasteiger partial charge in [-0.25, -0.2) is 9.79 Å². The Morgan fingerprint density at radius 3 is 2.42 bits per heavy atom. The molecular weight excluding hydrogens is 378 g/mol. The summed E-state index contributed by atoms with van der Waals surface area (Å²) in [6.45, 7) is 0. The number of carbonyl (C=O) groups is 1. The van der Waals surface area contributed by atoms with Crippen molar-refractivity contribution in [3.05, 3.63) is 60.7 Å². The van der Waals surface area contributed by atoms with Crippen molar-refractivity contribution in [3.63, 3.8) is 0 Å². The molecule has 1 atom stereocenters. The van der Waals surface area contributed by atoms with Gasteiger partial charge in [0.25, 0.3) is 5.56 Å². The molecule has 0 fully saturated rings. The number of hydrogen-bond donors (Lipinski definition) is 1. The molecule has 24 heavy (non-hydrogen) atoms. The van der Waals surface area contributed by atoms with E-state index in [1.807, 2.05) is 24.3 Å². The Balaban J connectivity index is 2.31. The number of nitrogens with zero attached hydrogens (tertiary/aromatic N) is 3. The highest BCUT2D eigenvalue weighted by Crippen LogP contribution is 2.33. The van der Waals surface area contributed by atoms with Crippen molar-refractivity contribution in [1.82, 2.24) is 9.13 Å². The van der Waals surface area contributed by atoms with Crippen molar-refractivity contribution < 1.29 is 9.90 Å². The molecule has 1 aliphatic heterocycles. The van der Waals surface area contributed by atoms with Crippen molar-refractivity contribution in [3.8, 4) is 0 Å². The number of aliphatic carboxylic acids is 1. The number of rotatable bonds is 2. The molecule has 1 aromatic carbocycles. The predicted octanol–water partition coefficient (Wildman–Crippen LogP) is 1.54. The predicted molar refractivity (Wildman–Crippen MR) is 92.3 cm³/mol. The lowest BCUT2D eigenvalue weighted by molar-refractivity contribution is -0.138. The summed E-state index contributed by atoms with van der Waals surface area (Å²) < 4.78 is 3.01. The lowest BCUT2D eigenvalue weighted by Crippen LogP contribution is -2.42. The molecular formula is C16H14BrN3O4. The Bertz CT molecular complexity index is 986. The topological polar surface area (TPSA) is 93.7 Å². The van der Waals surface area contributed by atoms with Crippen LogP contribution >= 0.6 is 15.9 Å². The summed E-state index contributed by atoms with van der Waals surface area (Å²) in [5.41, 5.74) is 0.185. The fourth-order valence-electron chi connectivity index (χ4n) is 2.80. The van der Waals surface area contributed by atoms with Crippen LogP contribution in [0.25, 0.3) is 0 Å². The average molecular weight is 392 g/mol. The van der Waals surface area contributed by atoms with Crippen LogP contribution in [0.5, 0.6) is 0 Å². The fraction of sp³-hybridized carbons (Fsp3) is 0.250. The van der Waals surface area contributed by atoms with Crippen LogP contribution in [0.2, 0.25) is 0 Å². The SMILES string of the molecule is Cn1c2c(c(=O)n(C)c1=O)C(C(=O)O)CC(c1ccc(Br)cc1)=N2. The van der Waals surface area contributed by atoms with Crippen LogP contribution in [0.4, 0.5) is 5.82 Å². The second-order valence-electron chi connectivity index (χ2n) is 5.60. The van der Waals surface area contributed by atoms with E-state index in [9.17, 15) is 19.5 Å². The largest absolute Gasteiger partial charge is 0.481 e. The number of halogens is 1. The standard InChI is InChI=1S/C16H14BrN3O4/c1-19-13-12(14(21)20(2)16(19)24)10(15(22)23)7-11(18-13)8-3-5-9(17)6-4-8/h3-6,10H,7H2,1-2H3,(H,22,23). The third-order valence-corrected chi connectivity index (χ3v) is 4.66. The van der Waals surface area contributed by atoms with Gasteiger partial charge in [-0.15, -0.1) is 0 Å². The molecule has 2 heterocycles. The first-order valence-corrected chi connectivity index (χ1v) is 7.96. The summed E-state index contributed by atoms with van der Waals surface area (Å²) in [6, 6.07) is 7.27. The van der Waals surface area contributed by atoms with E-state index >= 15 is 0 Å². The van der Waals surface area contributed by atoms with Crippen LogP contribution < -0.4 is 11.2 Å². The van der Waals surface area contributed by atoms with Gasteiger partial charge in [0.2, 0.25) is 0 Å². The molecule has 1 aliphatic rings. The van der Waals surface area contributed by atoms with E-state index < -0.39 is 23.1 Å². The first-order chi connectivity index (χ1) is 11.3. The molecule has 0 radical (unpaired) electrons. The fourth-order valence-corrected chi connectivity index (χ4v) is 3.07. The van der Waals surface area contributed by atoms with Crippen molar-refractivity contribution in [2.75, 3.05) is 0 Å². The van der Waals surface area contributed by atoms with E-state index in [2.05, 4.69) is 20.9 Å². The number of carboxylic acids is 1. The average Bonchev–Trinajstić information content (AvgIpc) is 2.57. The van der Waals surface area contributed by atoms with Gasteiger partial charge < -0.3 is 5.11 Å². The van der Waals surface area contributed by atoms with Gasteiger partial charge in [0.15, 0.2) is 0 Å². The first kappa shape index (κ1) is 16.4. The maximum atomic E-state index is 12.4. The molecule has 0 amide bonds. The lowest BCUT2D eigenvalue weighted by Gasteiger charge is -2.23. The molecule has 7 nitrogen and oxygen atoms in total. The van der Waals surface area contributed by atoms with E-state index in [0.717, 1.165) is 14.6 Å². The molecule has 1 aromatic heterocycles. The van der Waals surface area contributed by atoms with Crippen molar-refractivity contribution >= 4 is 33.4 Å². The van der Waals surface area contributed by atoms with E-state index in [-0.39, 0.29) is 17.8 Å². The number of hydrogen-bond acceptors (Lipinski definition) is 4. The summed E-state index contributed by atoms with van der Waals surface area (Å²) in [7, 11) is 2.81. The normalized spacial score (nSPS) is 16.5.